The van der Waals surface area contributed by atoms with E-state index in [0.29, 0.717) is 5.82 Å². The van der Waals surface area contributed by atoms with Gasteiger partial charge < -0.3 is 15.0 Å². The average Bonchev–Trinajstić information content (AvgIpc) is 3.16. The highest BCUT2D eigenvalue weighted by Gasteiger charge is 2.18. The smallest absolute Gasteiger partial charge is 0.326 e. The Kier molecular flexibility index (Phi) is 6.17. The molecule has 2 heterocycles. The number of anilines is 2. The number of aromatic nitrogens is 2. The van der Waals surface area contributed by atoms with Crippen LogP contribution in [0.3, 0.4) is 0 Å². The van der Waals surface area contributed by atoms with Crippen molar-refractivity contribution >= 4 is 28.3 Å². The van der Waals surface area contributed by atoms with E-state index in [2.05, 4.69) is 33.5 Å². The largest absolute Gasteiger partial charge is 0.459 e. The molecule has 0 spiro atoms. The first-order valence-corrected chi connectivity index (χ1v) is 10.3. The van der Waals surface area contributed by atoms with Crippen molar-refractivity contribution in [3.8, 4) is 22.4 Å². The number of carbonyl (C=O) groups excluding carboxylic acids is 1. The molecular formula is C22H26N4O2S. The van der Waals surface area contributed by atoms with Crippen molar-refractivity contribution in [3.63, 3.8) is 0 Å². The summed E-state index contributed by atoms with van der Waals surface area (Å²) < 4.78 is 5.40. The first kappa shape index (κ1) is 20.8. The third kappa shape index (κ3) is 5.54. The molecule has 3 aromatic rings. The highest BCUT2D eigenvalue weighted by Crippen LogP contribution is 2.29. The molecule has 0 saturated heterocycles. The number of thiazole rings is 1. The topological polar surface area (TPSA) is 67.4 Å². The molecule has 0 fully saturated rings. The minimum Gasteiger partial charge on any atom is -0.459 e. The number of likely N-dealkylation sites (N-methyl/N-ethyl adjacent to an activating group) is 1. The number of benzene rings is 1. The fraction of sp³-hybridized carbons (Fsp3) is 0.318. The van der Waals surface area contributed by atoms with Crippen molar-refractivity contribution in [2.45, 2.75) is 26.4 Å². The molecular weight excluding hydrogens is 384 g/mol. The summed E-state index contributed by atoms with van der Waals surface area (Å²) in [7, 11) is 3.70. The summed E-state index contributed by atoms with van der Waals surface area (Å²) in [5, 5.41) is 6.00. The van der Waals surface area contributed by atoms with Gasteiger partial charge in [0.05, 0.1) is 5.69 Å². The van der Waals surface area contributed by atoms with E-state index in [-0.39, 0.29) is 12.5 Å². The zero-order chi connectivity index (χ0) is 21.0. The summed E-state index contributed by atoms with van der Waals surface area (Å²) in [4.78, 5) is 22.9. The molecule has 29 heavy (non-hydrogen) atoms. The number of hydrogen-bond acceptors (Lipinski definition) is 7. The highest BCUT2D eigenvalue weighted by atomic mass is 32.1. The number of ether oxygens (including phenoxy) is 1. The van der Waals surface area contributed by atoms with Gasteiger partial charge in [-0.05, 0) is 50.1 Å². The lowest BCUT2D eigenvalue weighted by molar-refractivity contribution is -0.152. The normalized spacial score (nSPS) is 11.2. The minimum absolute atomic E-state index is 0.138. The number of nitrogens with zero attached hydrogens (tertiary/aromatic N) is 3. The van der Waals surface area contributed by atoms with Gasteiger partial charge in [-0.15, -0.1) is 11.3 Å². The van der Waals surface area contributed by atoms with E-state index >= 15 is 0 Å². The second-order valence-corrected chi connectivity index (χ2v) is 8.57. The van der Waals surface area contributed by atoms with Crippen LogP contribution in [0, 0.1) is 0 Å². The van der Waals surface area contributed by atoms with Crippen LogP contribution in [0.4, 0.5) is 10.9 Å². The Bertz CT molecular complexity index is 994. The monoisotopic (exact) mass is 410 g/mol. The Balaban J connectivity index is 1.80. The quantitative estimate of drug-likeness (QED) is 0.595. The zero-order valence-corrected chi connectivity index (χ0v) is 18.2. The van der Waals surface area contributed by atoms with Crippen LogP contribution in [0.15, 0.2) is 48.0 Å². The predicted molar refractivity (Wildman–Crippen MR) is 119 cm³/mol. The van der Waals surface area contributed by atoms with E-state index in [1.54, 1.807) is 22.4 Å². The molecule has 0 radical (unpaired) electrons. The molecule has 0 aliphatic carbocycles. The van der Waals surface area contributed by atoms with Crippen molar-refractivity contribution in [1.82, 2.24) is 9.97 Å². The maximum absolute atomic E-state index is 12.1. The molecule has 7 heteroatoms. The summed E-state index contributed by atoms with van der Waals surface area (Å²) >= 11 is 1.58. The summed E-state index contributed by atoms with van der Waals surface area (Å²) in [6.07, 6.45) is 1.75. The van der Waals surface area contributed by atoms with Gasteiger partial charge in [-0.25, -0.2) is 9.97 Å². The maximum Gasteiger partial charge on any atom is 0.326 e. The lowest BCUT2D eigenvalue weighted by atomic mass is 10.0. The number of rotatable bonds is 6. The van der Waals surface area contributed by atoms with Gasteiger partial charge in [0.2, 0.25) is 0 Å². The SMILES string of the molecule is CNc1nc(-c2cccc(-c3ccnc(N(C)CC(=O)OC(C)(C)C)c3)c2)cs1. The first-order chi connectivity index (χ1) is 13.7. The van der Waals surface area contributed by atoms with Gasteiger partial charge in [0.15, 0.2) is 5.13 Å². The molecule has 1 aromatic carbocycles. The lowest BCUT2D eigenvalue weighted by Crippen LogP contribution is -2.33. The number of pyridine rings is 1. The Labute approximate surface area is 175 Å². The Morgan fingerprint density at radius 3 is 2.59 bits per heavy atom. The van der Waals surface area contributed by atoms with Crippen LogP contribution in [0.25, 0.3) is 22.4 Å². The Morgan fingerprint density at radius 1 is 1.17 bits per heavy atom. The van der Waals surface area contributed by atoms with Crippen molar-refractivity contribution in [2.75, 3.05) is 30.9 Å². The fourth-order valence-electron chi connectivity index (χ4n) is 2.83. The van der Waals surface area contributed by atoms with Gasteiger partial charge in [-0.1, -0.05) is 18.2 Å². The van der Waals surface area contributed by atoms with Crippen molar-refractivity contribution in [2.24, 2.45) is 0 Å². The molecule has 2 aromatic heterocycles. The molecule has 152 valence electrons. The van der Waals surface area contributed by atoms with Crippen LogP contribution in [-0.2, 0) is 9.53 Å². The van der Waals surface area contributed by atoms with Crippen LogP contribution in [-0.4, -0.2) is 42.2 Å². The van der Waals surface area contributed by atoms with E-state index in [9.17, 15) is 4.79 Å². The molecule has 0 bridgehead atoms. The van der Waals surface area contributed by atoms with Crippen LogP contribution in [0.5, 0.6) is 0 Å². The van der Waals surface area contributed by atoms with Gasteiger partial charge in [-0.3, -0.25) is 4.79 Å². The third-order valence-electron chi connectivity index (χ3n) is 4.13. The summed E-state index contributed by atoms with van der Waals surface area (Å²) in [6.45, 7) is 5.72. The fourth-order valence-corrected chi connectivity index (χ4v) is 3.52. The second-order valence-electron chi connectivity index (χ2n) is 7.71. The predicted octanol–water partition coefficient (Wildman–Crippen LogP) is 4.69. The minimum atomic E-state index is -0.503. The highest BCUT2D eigenvalue weighted by molar-refractivity contribution is 7.14. The van der Waals surface area contributed by atoms with Crippen molar-refractivity contribution in [3.05, 3.63) is 48.0 Å². The van der Waals surface area contributed by atoms with Crippen LogP contribution in [0.1, 0.15) is 20.8 Å². The average molecular weight is 411 g/mol. The Hall–Kier alpha value is -2.93. The van der Waals surface area contributed by atoms with E-state index in [1.165, 1.54) is 0 Å². The molecule has 3 rings (SSSR count). The molecule has 0 aliphatic rings. The van der Waals surface area contributed by atoms with E-state index in [4.69, 9.17) is 4.74 Å². The number of carbonyl (C=O) groups is 1. The van der Waals surface area contributed by atoms with Crippen LogP contribution in [0.2, 0.25) is 0 Å². The van der Waals surface area contributed by atoms with E-state index < -0.39 is 5.60 Å². The lowest BCUT2D eigenvalue weighted by Gasteiger charge is -2.23. The molecule has 0 aliphatic heterocycles. The van der Waals surface area contributed by atoms with Gasteiger partial charge in [0.25, 0.3) is 0 Å². The second kappa shape index (κ2) is 8.61. The molecule has 0 atom stereocenters. The Morgan fingerprint density at radius 2 is 1.90 bits per heavy atom. The van der Waals surface area contributed by atoms with E-state index in [0.717, 1.165) is 27.5 Å². The van der Waals surface area contributed by atoms with Crippen molar-refractivity contribution < 1.29 is 9.53 Å². The third-order valence-corrected chi connectivity index (χ3v) is 4.99. The van der Waals surface area contributed by atoms with Gasteiger partial charge >= 0.3 is 5.97 Å². The molecule has 6 nitrogen and oxygen atoms in total. The summed E-state index contributed by atoms with van der Waals surface area (Å²) in [5.41, 5.74) is 3.59. The molecule has 0 amide bonds. The molecule has 0 saturated carbocycles. The van der Waals surface area contributed by atoms with Crippen molar-refractivity contribution in [1.29, 1.82) is 0 Å². The first-order valence-electron chi connectivity index (χ1n) is 9.38. The number of hydrogen-bond donors (Lipinski definition) is 1. The van der Waals surface area contributed by atoms with Crippen LogP contribution < -0.4 is 10.2 Å². The van der Waals surface area contributed by atoms with Gasteiger partial charge in [0.1, 0.15) is 18.0 Å². The maximum atomic E-state index is 12.1. The standard InChI is InChI=1S/C22H26N4O2S/c1-22(2,3)28-20(27)13-26(5)19-12-16(9-10-24-19)15-7-6-8-17(11-15)18-14-29-21(23-4)25-18/h6-12,14H,13H2,1-5H3,(H,23,25). The molecule has 1 N–H and O–H groups in total. The van der Waals surface area contributed by atoms with Crippen LogP contribution >= 0.6 is 11.3 Å². The summed E-state index contributed by atoms with van der Waals surface area (Å²) in [5.74, 6) is 0.433. The number of nitrogens with one attached hydrogen (secondary N) is 1. The summed E-state index contributed by atoms with van der Waals surface area (Å²) in [6, 6.07) is 12.2. The molecule has 0 unspecified atom stereocenters. The van der Waals surface area contributed by atoms with Gasteiger partial charge in [-0.2, -0.15) is 0 Å². The van der Waals surface area contributed by atoms with Gasteiger partial charge in [0, 0.05) is 31.2 Å². The number of esters is 1. The zero-order valence-electron chi connectivity index (χ0n) is 17.4. The van der Waals surface area contributed by atoms with E-state index in [1.807, 2.05) is 58.4 Å².